The summed E-state index contributed by atoms with van der Waals surface area (Å²) >= 11 is 0. The number of hydrogen-bond acceptors (Lipinski definition) is 4. The average molecular weight is 478 g/mol. The molecule has 1 saturated heterocycles. The summed E-state index contributed by atoms with van der Waals surface area (Å²) in [6, 6.07) is 24.4. The fraction of sp³-hybridized carbons (Fsp3) is 0.258. The topological polar surface area (TPSA) is 63.7 Å². The van der Waals surface area contributed by atoms with Gasteiger partial charge in [0.15, 0.2) is 0 Å². The van der Waals surface area contributed by atoms with Crippen LogP contribution >= 0.6 is 0 Å². The number of hydrogen-bond donors (Lipinski definition) is 0. The minimum Gasteiger partial charge on any atom is -0.423 e. The molecule has 2 amide bonds. The highest BCUT2D eigenvalue weighted by molar-refractivity contribution is 6.23. The van der Waals surface area contributed by atoms with Crippen LogP contribution in [0.2, 0.25) is 0 Å². The number of fused-ring (bicyclic) bond motifs is 5. The Bertz CT molecular complexity index is 1360. The molecule has 3 aliphatic rings. The molecule has 4 unspecified atom stereocenters. The Hall–Kier alpha value is -3.99. The number of carbonyl (C=O) groups is 3. The van der Waals surface area contributed by atoms with Crippen LogP contribution in [0.3, 0.4) is 0 Å². The van der Waals surface area contributed by atoms with Crippen LogP contribution in [0.1, 0.15) is 41.8 Å². The second-order valence-electron chi connectivity index (χ2n) is 10.5. The number of rotatable bonds is 5. The van der Waals surface area contributed by atoms with Gasteiger partial charge < -0.3 is 4.74 Å². The molecule has 180 valence electrons. The summed E-state index contributed by atoms with van der Waals surface area (Å²) in [6.07, 6.45) is 5.02. The second kappa shape index (κ2) is 8.30. The Morgan fingerprint density at radius 3 is 2.06 bits per heavy atom. The minimum atomic E-state index is -0.534. The first kappa shape index (κ1) is 22.5. The molecule has 0 N–H and O–H groups in total. The minimum absolute atomic E-state index is 0.143. The number of ether oxygens (including phenoxy) is 1. The quantitative estimate of drug-likeness (QED) is 0.209. The smallest absolute Gasteiger partial charge is 0.343 e. The average Bonchev–Trinajstić information content (AvgIpc) is 3.58. The van der Waals surface area contributed by atoms with Gasteiger partial charge in [0.25, 0.3) is 0 Å². The Morgan fingerprint density at radius 1 is 0.806 bits per heavy atom. The molecular weight excluding hydrogens is 450 g/mol. The largest absolute Gasteiger partial charge is 0.423 e. The highest BCUT2D eigenvalue weighted by Gasteiger charge is 2.59. The zero-order valence-electron chi connectivity index (χ0n) is 20.3. The number of nitrogens with zero attached hydrogens (tertiary/aromatic N) is 1. The van der Waals surface area contributed by atoms with E-state index in [-0.39, 0.29) is 40.9 Å². The lowest BCUT2D eigenvalue weighted by Gasteiger charge is -2.26. The highest BCUT2D eigenvalue weighted by atomic mass is 16.5. The second-order valence-corrected chi connectivity index (χ2v) is 10.5. The molecule has 1 aliphatic heterocycles. The van der Waals surface area contributed by atoms with Gasteiger partial charge in [-0.05, 0) is 59.7 Å². The van der Waals surface area contributed by atoms with Crippen molar-refractivity contribution in [2.75, 3.05) is 4.90 Å². The van der Waals surface area contributed by atoms with E-state index in [0.29, 0.717) is 17.0 Å². The molecule has 4 atom stereocenters. The molecule has 6 rings (SSSR count). The van der Waals surface area contributed by atoms with Crippen LogP contribution in [0.15, 0.2) is 91.0 Å². The zero-order chi connectivity index (χ0) is 25.0. The summed E-state index contributed by atoms with van der Waals surface area (Å²) in [5.74, 6) is -0.693. The van der Waals surface area contributed by atoms with Crippen molar-refractivity contribution in [2.24, 2.45) is 23.7 Å². The number of amides is 2. The Kier molecular flexibility index (Phi) is 5.18. The number of allylic oxidation sites excluding steroid dienone is 2. The van der Waals surface area contributed by atoms with E-state index in [9.17, 15) is 14.4 Å². The Labute approximate surface area is 210 Å². The maximum atomic E-state index is 13.1. The Morgan fingerprint density at radius 2 is 1.42 bits per heavy atom. The first-order valence-electron chi connectivity index (χ1n) is 12.4. The van der Waals surface area contributed by atoms with E-state index in [4.69, 9.17) is 4.74 Å². The standard InChI is InChI=1S/C31H27NO4/c1-31(2,22-8-4-3-5-9-22)23-13-15-25(16-14-23)36-30(35)21-7-6-10-24(18-21)32-28(33)26-19-11-12-20(17-19)27(26)29(32)34/h3-16,18-20,26-27H,17H2,1-2H3. The molecule has 0 aromatic heterocycles. The highest BCUT2D eigenvalue weighted by Crippen LogP contribution is 2.53. The molecule has 5 heteroatoms. The van der Waals surface area contributed by atoms with Crippen molar-refractivity contribution in [3.05, 3.63) is 108 Å². The van der Waals surface area contributed by atoms with Gasteiger partial charge in [0.05, 0.1) is 23.1 Å². The van der Waals surface area contributed by atoms with Crippen LogP contribution in [0.4, 0.5) is 5.69 Å². The van der Waals surface area contributed by atoms with Crippen LogP contribution < -0.4 is 9.64 Å². The fourth-order valence-corrected chi connectivity index (χ4v) is 6.06. The number of anilines is 1. The van der Waals surface area contributed by atoms with E-state index in [1.165, 1.54) is 10.5 Å². The van der Waals surface area contributed by atoms with Gasteiger partial charge in [0, 0.05) is 5.41 Å². The summed E-state index contributed by atoms with van der Waals surface area (Å²) in [4.78, 5) is 40.5. The number of carbonyl (C=O) groups excluding carboxylic acids is 3. The third kappa shape index (κ3) is 3.49. The lowest BCUT2D eigenvalue weighted by atomic mass is 9.78. The number of imide groups is 1. The summed E-state index contributed by atoms with van der Waals surface area (Å²) < 4.78 is 5.63. The van der Waals surface area contributed by atoms with Crippen molar-refractivity contribution in [1.82, 2.24) is 0 Å². The molecule has 1 saturated carbocycles. The molecule has 0 spiro atoms. The molecule has 3 aromatic rings. The monoisotopic (exact) mass is 477 g/mol. The van der Waals surface area contributed by atoms with Crippen molar-refractivity contribution in [2.45, 2.75) is 25.7 Å². The van der Waals surface area contributed by atoms with E-state index in [1.807, 2.05) is 30.3 Å². The van der Waals surface area contributed by atoms with Gasteiger partial charge >= 0.3 is 5.97 Å². The summed E-state index contributed by atoms with van der Waals surface area (Å²) in [7, 11) is 0. The molecule has 2 bridgehead atoms. The van der Waals surface area contributed by atoms with Crippen LogP contribution in [0.5, 0.6) is 5.75 Å². The van der Waals surface area contributed by atoms with E-state index in [1.54, 1.807) is 36.4 Å². The third-order valence-electron chi connectivity index (χ3n) is 8.09. The van der Waals surface area contributed by atoms with Gasteiger partial charge in [-0.3, -0.25) is 9.59 Å². The van der Waals surface area contributed by atoms with Crippen molar-refractivity contribution in [3.63, 3.8) is 0 Å². The third-order valence-corrected chi connectivity index (χ3v) is 8.09. The van der Waals surface area contributed by atoms with E-state index in [2.05, 4.69) is 38.1 Å². The molecule has 0 radical (unpaired) electrons. The van der Waals surface area contributed by atoms with E-state index >= 15 is 0 Å². The molecule has 2 fully saturated rings. The normalized spacial score (nSPS) is 24.3. The first-order valence-corrected chi connectivity index (χ1v) is 12.4. The van der Waals surface area contributed by atoms with Gasteiger partial charge in [-0.25, -0.2) is 9.69 Å². The van der Waals surface area contributed by atoms with E-state index < -0.39 is 5.97 Å². The van der Waals surface area contributed by atoms with Crippen molar-refractivity contribution in [3.8, 4) is 5.75 Å². The van der Waals surface area contributed by atoms with Crippen molar-refractivity contribution < 1.29 is 19.1 Å². The lowest BCUT2D eigenvalue weighted by Crippen LogP contribution is -2.33. The molecule has 36 heavy (non-hydrogen) atoms. The van der Waals surface area contributed by atoms with Crippen molar-refractivity contribution in [1.29, 1.82) is 0 Å². The lowest BCUT2D eigenvalue weighted by molar-refractivity contribution is -0.123. The predicted molar refractivity (Wildman–Crippen MR) is 137 cm³/mol. The Balaban J connectivity index is 1.19. The van der Waals surface area contributed by atoms with Crippen LogP contribution in [0.25, 0.3) is 0 Å². The van der Waals surface area contributed by atoms with Crippen LogP contribution in [-0.4, -0.2) is 17.8 Å². The van der Waals surface area contributed by atoms with Gasteiger partial charge in [0.1, 0.15) is 5.75 Å². The van der Waals surface area contributed by atoms with Gasteiger partial charge in [-0.2, -0.15) is 0 Å². The maximum Gasteiger partial charge on any atom is 0.343 e. The van der Waals surface area contributed by atoms with Gasteiger partial charge in [-0.15, -0.1) is 0 Å². The molecular formula is C31H27NO4. The van der Waals surface area contributed by atoms with Crippen LogP contribution in [0, 0.1) is 23.7 Å². The van der Waals surface area contributed by atoms with Gasteiger partial charge in [-0.1, -0.05) is 74.5 Å². The van der Waals surface area contributed by atoms with Crippen molar-refractivity contribution >= 4 is 23.5 Å². The first-order chi connectivity index (χ1) is 17.3. The molecule has 1 heterocycles. The molecule has 5 nitrogen and oxygen atoms in total. The summed E-state index contributed by atoms with van der Waals surface area (Å²) in [6.45, 7) is 4.32. The number of esters is 1. The molecule has 2 aliphatic carbocycles. The summed E-state index contributed by atoms with van der Waals surface area (Å²) in [5.41, 5.74) is 2.83. The SMILES string of the molecule is CC(C)(c1ccccc1)c1ccc(OC(=O)c2cccc(N3C(=O)C4C5C=CC(C5)C4C3=O)c2)cc1. The van der Waals surface area contributed by atoms with Gasteiger partial charge in [0.2, 0.25) is 11.8 Å². The maximum absolute atomic E-state index is 13.1. The summed E-state index contributed by atoms with van der Waals surface area (Å²) in [5, 5.41) is 0. The predicted octanol–water partition coefficient (Wildman–Crippen LogP) is 5.54. The zero-order valence-corrected chi connectivity index (χ0v) is 20.3. The fourth-order valence-electron chi connectivity index (χ4n) is 6.06. The molecule has 3 aromatic carbocycles. The van der Waals surface area contributed by atoms with E-state index in [0.717, 1.165) is 12.0 Å². The van der Waals surface area contributed by atoms with Crippen LogP contribution in [-0.2, 0) is 15.0 Å². The number of benzene rings is 3.